The van der Waals surface area contributed by atoms with Crippen molar-refractivity contribution in [1.82, 2.24) is 15.1 Å². The van der Waals surface area contributed by atoms with Crippen LogP contribution < -0.4 is 10.1 Å². The van der Waals surface area contributed by atoms with Crippen molar-refractivity contribution in [2.45, 2.75) is 33.4 Å². The molecule has 6 nitrogen and oxygen atoms in total. The molecule has 29 heavy (non-hydrogen) atoms. The Morgan fingerprint density at radius 2 is 2.07 bits per heavy atom. The fourth-order valence-corrected chi connectivity index (χ4v) is 3.59. The van der Waals surface area contributed by atoms with Crippen LogP contribution in [0.4, 0.5) is 0 Å². The molecule has 0 spiro atoms. The molecule has 0 aliphatic rings. The van der Waals surface area contributed by atoms with Crippen molar-refractivity contribution in [3.63, 3.8) is 0 Å². The van der Waals surface area contributed by atoms with E-state index in [0.29, 0.717) is 34.6 Å². The Bertz CT molecular complexity index is 1020. The van der Waals surface area contributed by atoms with Gasteiger partial charge in [-0.3, -0.25) is 9.48 Å². The molecule has 1 amide bonds. The van der Waals surface area contributed by atoms with Crippen LogP contribution in [0.2, 0.25) is 10.0 Å². The largest absolute Gasteiger partial charge is 0.484 e. The third-order valence-corrected chi connectivity index (χ3v) is 5.61. The van der Waals surface area contributed by atoms with E-state index < -0.39 is 0 Å². The number of furan rings is 1. The molecule has 2 aromatic heterocycles. The Hall–Kier alpha value is -1.96. The maximum Gasteiger partial charge on any atom is 0.286 e. The number of benzene rings is 1. The second-order valence-corrected chi connectivity index (χ2v) is 8.15. The zero-order chi connectivity index (χ0) is 21.0. The molecule has 0 unspecified atom stereocenters. The van der Waals surface area contributed by atoms with Gasteiger partial charge >= 0.3 is 0 Å². The van der Waals surface area contributed by atoms with Crippen molar-refractivity contribution in [3.8, 4) is 5.75 Å². The van der Waals surface area contributed by atoms with Gasteiger partial charge in [-0.25, -0.2) is 0 Å². The number of nitrogens with zero attached hydrogens (tertiary/aromatic N) is 2. The number of rotatable bonds is 8. The van der Waals surface area contributed by atoms with E-state index in [4.69, 9.17) is 32.4 Å². The van der Waals surface area contributed by atoms with Crippen LogP contribution in [0.15, 0.2) is 39.2 Å². The molecule has 0 saturated carbocycles. The number of aryl methyl sites for hydroxylation is 2. The lowest BCUT2D eigenvalue weighted by molar-refractivity contribution is 0.0920. The van der Waals surface area contributed by atoms with E-state index in [9.17, 15) is 4.79 Å². The fraction of sp³-hybridized carbons (Fsp3) is 0.300. The smallest absolute Gasteiger partial charge is 0.286 e. The zero-order valence-electron chi connectivity index (χ0n) is 16.0. The summed E-state index contributed by atoms with van der Waals surface area (Å²) >= 11 is 15.6. The fourth-order valence-electron chi connectivity index (χ4n) is 2.73. The van der Waals surface area contributed by atoms with E-state index >= 15 is 0 Å². The molecule has 0 aliphatic carbocycles. The number of aromatic nitrogens is 2. The number of carbonyl (C=O) groups is 1. The molecule has 0 atom stereocenters. The molecule has 3 rings (SSSR count). The second-order valence-electron chi connectivity index (χ2n) is 6.45. The Labute approximate surface area is 187 Å². The van der Waals surface area contributed by atoms with Crippen LogP contribution in [0.1, 0.15) is 34.1 Å². The average molecular weight is 501 g/mol. The van der Waals surface area contributed by atoms with Gasteiger partial charge in [-0.15, -0.1) is 0 Å². The molecule has 2 heterocycles. The summed E-state index contributed by atoms with van der Waals surface area (Å²) in [6, 6.07) is 8.68. The van der Waals surface area contributed by atoms with Crippen LogP contribution in [-0.4, -0.2) is 22.2 Å². The van der Waals surface area contributed by atoms with Crippen molar-refractivity contribution < 1.29 is 13.9 Å². The standard InChI is InChI=1S/C20H20BrCl2N3O3/c1-12-19(23)13(2)26(25-12)9-3-8-24-20(27)18-7-5-15(29-18)11-28-17-6-4-14(21)10-16(17)22/h4-7,10H,3,8-9,11H2,1-2H3,(H,24,27). The van der Waals surface area contributed by atoms with Gasteiger partial charge in [0, 0.05) is 17.6 Å². The van der Waals surface area contributed by atoms with Gasteiger partial charge in [-0.2, -0.15) is 5.10 Å². The maximum atomic E-state index is 12.2. The van der Waals surface area contributed by atoms with Gasteiger partial charge in [0.2, 0.25) is 0 Å². The molecular weight excluding hydrogens is 481 g/mol. The molecule has 0 fully saturated rings. The van der Waals surface area contributed by atoms with E-state index in [1.807, 2.05) is 24.6 Å². The normalized spacial score (nSPS) is 10.9. The Kier molecular flexibility index (Phi) is 7.27. The molecule has 3 aromatic rings. The lowest BCUT2D eigenvalue weighted by Crippen LogP contribution is -2.25. The molecule has 0 bridgehead atoms. The first-order valence-corrected chi connectivity index (χ1v) is 10.5. The van der Waals surface area contributed by atoms with E-state index in [1.165, 1.54) is 0 Å². The van der Waals surface area contributed by atoms with E-state index in [2.05, 4.69) is 26.3 Å². The first kappa shape index (κ1) is 21.7. The highest BCUT2D eigenvalue weighted by Crippen LogP contribution is 2.28. The first-order chi connectivity index (χ1) is 13.8. The second kappa shape index (κ2) is 9.69. The number of amides is 1. The van der Waals surface area contributed by atoms with Crippen LogP contribution >= 0.6 is 39.1 Å². The predicted octanol–water partition coefficient (Wildman–Crippen LogP) is 5.56. The summed E-state index contributed by atoms with van der Waals surface area (Å²) in [6.07, 6.45) is 0.725. The van der Waals surface area contributed by atoms with Crippen LogP contribution in [0, 0.1) is 13.8 Å². The highest BCUT2D eigenvalue weighted by Gasteiger charge is 2.13. The van der Waals surface area contributed by atoms with E-state index in [0.717, 1.165) is 22.3 Å². The minimum absolute atomic E-state index is 0.174. The van der Waals surface area contributed by atoms with Crippen LogP contribution in [0.3, 0.4) is 0 Å². The van der Waals surface area contributed by atoms with Crippen molar-refractivity contribution in [2.24, 2.45) is 0 Å². The minimum Gasteiger partial charge on any atom is -0.484 e. The predicted molar refractivity (Wildman–Crippen MR) is 116 cm³/mol. The third-order valence-electron chi connectivity index (χ3n) is 4.27. The Morgan fingerprint density at radius 3 is 2.76 bits per heavy atom. The SMILES string of the molecule is Cc1nn(CCCNC(=O)c2ccc(COc3ccc(Br)cc3Cl)o2)c(C)c1Cl. The number of hydrogen-bond donors (Lipinski definition) is 1. The molecule has 1 N–H and O–H groups in total. The van der Waals surface area contributed by atoms with Crippen LogP contribution in [0.25, 0.3) is 0 Å². The summed E-state index contributed by atoms with van der Waals surface area (Å²) in [6.45, 7) is 5.14. The molecule has 9 heteroatoms. The lowest BCUT2D eigenvalue weighted by atomic mass is 10.3. The van der Waals surface area contributed by atoms with Crippen LogP contribution in [0.5, 0.6) is 5.75 Å². The topological polar surface area (TPSA) is 69.3 Å². The van der Waals surface area contributed by atoms with Gasteiger partial charge in [0.1, 0.15) is 18.1 Å². The zero-order valence-corrected chi connectivity index (χ0v) is 19.1. The minimum atomic E-state index is -0.274. The molecule has 0 saturated heterocycles. The van der Waals surface area contributed by atoms with Gasteiger partial charge in [0.15, 0.2) is 5.76 Å². The van der Waals surface area contributed by atoms with Gasteiger partial charge in [-0.1, -0.05) is 39.1 Å². The van der Waals surface area contributed by atoms with Gasteiger partial charge in [-0.05, 0) is 50.6 Å². The number of carbonyl (C=O) groups excluding carboxylic acids is 1. The summed E-state index contributed by atoms with van der Waals surface area (Å²) in [7, 11) is 0. The lowest BCUT2D eigenvalue weighted by Gasteiger charge is -2.07. The third kappa shape index (κ3) is 5.56. The highest BCUT2D eigenvalue weighted by molar-refractivity contribution is 9.10. The summed E-state index contributed by atoms with van der Waals surface area (Å²) < 4.78 is 13.9. The van der Waals surface area contributed by atoms with Crippen molar-refractivity contribution in [1.29, 1.82) is 0 Å². The van der Waals surface area contributed by atoms with Crippen LogP contribution in [-0.2, 0) is 13.2 Å². The van der Waals surface area contributed by atoms with Gasteiger partial charge in [0.05, 0.1) is 21.4 Å². The first-order valence-electron chi connectivity index (χ1n) is 8.99. The number of hydrogen-bond acceptors (Lipinski definition) is 4. The van der Waals surface area contributed by atoms with Crippen molar-refractivity contribution in [2.75, 3.05) is 6.54 Å². The highest BCUT2D eigenvalue weighted by atomic mass is 79.9. The van der Waals surface area contributed by atoms with E-state index in [-0.39, 0.29) is 18.3 Å². The number of nitrogens with one attached hydrogen (secondary N) is 1. The maximum absolute atomic E-state index is 12.2. The number of ether oxygens (including phenoxy) is 1. The quantitative estimate of drug-likeness (QED) is 0.411. The summed E-state index contributed by atoms with van der Waals surface area (Å²) in [4.78, 5) is 12.2. The molecular formula is C20H20BrCl2N3O3. The molecule has 1 aromatic carbocycles. The Morgan fingerprint density at radius 1 is 1.28 bits per heavy atom. The summed E-state index contributed by atoms with van der Waals surface area (Å²) in [5.41, 5.74) is 1.74. The summed E-state index contributed by atoms with van der Waals surface area (Å²) in [5, 5.41) is 8.39. The molecule has 0 aliphatic heterocycles. The van der Waals surface area contributed by atoms with E-state index in [1.54, 1.807) is 24.3 Å². The van der Waals surface area contributed by atoms with Gasteiger partial charge < -0.3 is 14.5 Å². The van der Waals surface area contributed by atoms with Gasteiger partial charge in [0.25, 0.3) is 5.91 Å². The van der Waals surface area contributed by atoms with Crippen molar-refractivity contribution in [3.05, 3.63) is 67.8 Å². The number of halogens is 3. The average Bonchev–Trinajstić information content (AvgIpc) is 3.25. The monoisotopic (exact) mass is 499 g/mol. The van der Waals surface area contributed by atoms with Crippen molar-refractivity contribution >= 4 is 45.0 Å². The summed E-state index contributed by atoms with van der Waals surface area (Å²) in [5.74, 6) is 1.04. The molecule has 154 valence electrons. The Balaban J connectivity index is 1.45. The molecule has 0 radical (unpaired) electrons.